The van der Waals surface area contributed by atoms with Crippen LogP contribution in [0.2, 0.25) is 0 Å². The third-order valence-corrected chi connectivity index (χ3v) is 9.52. The second kappa shape index (κ2) is 11.2. The molecule has 3 saturated heterocycles. The second-order valence-electron chi connectivity index (χ2n) is 12.2. The number of aromatic nitrogens is 2. The van der Waals surface area contributed by atoms with Crippen molar-refractivity contribution in [1.29, 1.82) is 0 Å². The molecule has 0 aliphatic carbocycles. The van der Waals surface area contributed by atoms with E-state index in [4.69, 9.17) is 19.4 Å². The molecular weight excluding hydrogens is 556 g/mol. The van der Waals surface area contributed by atoms with Gasteiger partial charge in [0, 0.05) is 49.7 Å². The van der Waals surface area contributed by atoms with Crippen LogP contribution in [0.5, 0.6) is 11.8 Å². The summed E-state index contributed by atoms with van der Waals surface area (Å²) in [5.41, 5.74) is 1.98. The number of fused-ring (bicyclic) bond motifs is 3. The monoisotopic (exact) mass is 593 g/mol. The van der Waals surface area contributed by atoms with Crippen molar-refractivity contribution in [3.63, 3.8) is 0 Å². The quantitative estimate of drug-likeness (QED) is 0.453. The van der Waals surface area contributed by atoms with E-state index in [1.807, 2.05) is 6.92 Å². The molecule has 7 rings (SSSR count). The first-order valence-corrected chi connectivity index (χ1v) is 15.3. The first kappa shape index (κ1) is 28.2. The Kier molecular flexibility index (Phi) is 7.33. The fourth-order valence-electron chi connectivity index (χ4n) is 7.48. The Balaban J connectivity index is 1.28. The number of nitrogens with zero attached hydrogens (tertiary/aromatic N) is 5. The van der Waals surface area contributed by atoms with Crippen LogP contribution in [0.25, 0.3) is 10.8 Å². The van der Waals surface area contributed by atoms with E-state index < -0.39 is 6.17 Å². The van der Waals surface area contributed by atoms with Crippen molar-refractivity contribution in [3.05, 3.63) is 46.9 Å². The molecule has 1 aromatic heterocycles. The number of aromatic hydroxyl groups is 1. The van der Waals surface area contributed by atoms with E-state index in [0.29, 0.717) is 79.3 Å². The number of carbonyl (C=O) groups is 1. The molecule has 2 unspecified atom stereocenters. The van der Waals surface area contributed by atoms with E-state index in [2.05, 4.69) is 9.80 Å². The van der Waals surface area contributed by atoms with Crippen molar-refractivity contribution in [1.82, 2.24) is 14.9 Å². The molecule has 0 radical (unpaired) electrons. The second-order valence-corrected chi connectivity index (χ2v) is 12.2. The zero-order chi connectivity index (χ0) is 29.7. The highest BCUT2D eigenvalue weighted by Crippen LogP contribution is 2.42. The van der Waals surface area contributed by atoms with Crippen LogP contribution < -0.4 is 14.5 Å². The standard InChI is InChI=1S/C32H37F2N5O4/c1-2-23-25(34)6-5-20-13-22(40)14-27(29(20)23)39-18-26-24(15-28(39)41)30(37-8-4-11-42-12-10-37)36-31(35-26)43-19-32-7-3-9-38(32)17-21(33)16-32/h5-6,13-14,21,40H,2-4,7-12,15-19H2,1H3. The molecule has 5 heterocycles. The number of rotatable bonds is 6. The smallest absolute Gasteiger partial charge is 0.318 e. The molecular formula is C32H37F2N5O4. The molecule has 9 nitrogen and oxygen atoms in total. The summed E-state index contributed by atoms with van der Waals surface area (Å²) in [7, 11) is 0. The number of alkyl halides is 1. The van der Waals surface area contributed by atoms with Crippen LogP contribution in [0.1, 0.15) is 49.4 Å². The molecule has 2 atom stereocenters. The SMILES string of the molecule is CCc1c(F)ccc2cc(O)cc(N3Cc4nc(OCC56CCCN5CC(F)C6)nc(N5CCCOCC5)c4CC3=O)c12. The minimum atomic E-state index is -0.865. The Hall–Kier alpha value is -3.57. The van der Waals surface area contributed by atoms with Gasteiger partial charge in [-0.25, -0.2) is 8.78 Å². The minimum absolute atomic E-state index is 0.00479. The maximum atomic E-state index is 14.9. The van der Waals surface area contributed by atoms with Crippen molar-refractivity contribution in [2.75, 3.05) is 55.8 Å². The minimum Gasteiger partial charge on any atom is -0.508 e. The molecule has 0 spiro atoms. The summed E-state index contributed by atoms with van der Waals surface area (Å²) in [6.45, 7) is 6.13. The Morgan fingerprint density at radius 1 is 1.16 bits per heavy atom. The molecule has 0 saturated carbocycles. The van der Waals surface area contributed by atoms with Crippen LogP contribution in [-0.2, 0) is 28.9 Å². The van der Waals surface area contributed by atoms with Gasteiger partial charge in [-0.1, -0.05) is 13.0 Å². The van der Waals surface area contributed by atoms with Gasteiger partial charge in [0.25, 0.3) is 0 Å². The maximum Gasteiger partial charge on any atom is 0.318 e. The topological polar surface area (TPSA) is 91.3 Å². The Morgan fingerprint density at radius 2 is 2.05 bits per heavy atom. The first-order chi connectivity index (χ1) is 20.8. The van der Waals surface area contributed by atoms with Gasteiger partial charge in [-0.05, 0) is 55.3 Å². The molecule has 2 aromatic carbocycles. The Bertz CT molecular complexity index is 1560. The summed E-state index contributed by atoms with van der Waals surface area (Å²) in [6, 6.07) is 6.34. The van der Waals surface area contributed by atoms with Crippen molar-refractivity contribution in [2.24, 2.45) is 0 Å². The van der Waals surface area contributed by atoms with Crippen LogP contribution in [0, 0.1) is 5.82 Å². The third-order valence-electron chi connectivity index (χ3n) is 9.52. The van der Waals surface area contributed by atoms with Crippen LogP contribution in [0.3, 0.4) is 0 Å². The van der Waals surface area contributed by atoms with Gasteiger partial charge >= 0.3 is 6.01 Å². The number of aryl methyl sites for hydroxylation is 1. The molecule has 3 fully saturated rings. The predicted octanol–water partition coefficient (Wildman–Crippen LogP) is 4.31. The predicted molar refractivity (Wildman–Crippen MR) is 158 cm³/mol. The molecule has 43 heavy (non-hydrogen) atoms. The van der Waals surface area contributed by atoms with Gasteiger partial charge in [0.15, 0.2) is 0 Å². The lowest BCUT2D eigenvalue weighted by Crippen LogP contribution is -2.44. The maximum absolute atomic E-state index is 14.9. The molecule has 3 aromatic rings. The zero-order valence-corrected chi connectivity index (χ0v) is 24.5. The van der Waals surface area contributed by atoms with E-state index >= 15 is 0 Å². The Morgan fingerprint density at radius 3 is 2.91 bits per heavy atom. The lowest BCUT2D eigenvalue weighted by Gasteiger charge is -2.34. The average molecular weight is 594 g/mol. The summed E-state index contributed by atoms with van der Waals surface area (Å²) in [4.78, 5) is 29.4. The molecule has 0 bridgehead atoms. The highest BCUT2D eigenvalue weighted by atomic mass is 19.1. The lowest BCUT2D eigenvalue weighted by atomic mass is 9.95. The number of hydrogen-bond donors (Lipinski definition) is 1. The summed E-state index contributed by atoms with van der Waals surface area (Å²) in [5.74, 6) is 0.124. The number of ether oxygens (including phenoxy) is 2. The highest BCUT2D eigenvalue weighted by molar-refractivity contribution is 6.07. The van der Waals surface area contributed by atoms with Crippen molar-refractivity contribution in [2.45, 2.75) is 63.7 Å². The molecule has 4 aliphatic heterocycles. The molecule has 228 valence electrons. The van der Waals surface area contributed by atoms with Gasteiger partial charge in [-0.2, -0.15) is 9.97 Å². The molecule has 11 heteroatoms. The number of amides is 1. The van der Waals surface area contributed by atoms with Crippen LogP contribution in [0.15, 0.2) is 24.3 Å². The van der Waals surface area contributed by atoms with Gasteiger partial charge in [0.05, 0.1) is 36.5 Å². The largest absolute Gasteiger partial charge is 0.508 e. The highest BCUT2D eigenvalue weighted by Gasteiger charge is 2.49. The number of phenolic OH excluding ortho intramolecular Hbond substituents is 1. The summed E-state index contributed by atoms with van der Waals surface area (Å²) in [5, 5.41) is 11.8. The van der Waals surface area contributed by atoms with Gasteiger partial charge in [-0.15, -0.1) is 0 Å². The molecule has 1 amide bonds. The molecule has 4 aliphatic rings. The fraction of sp³-hybridized carbons (Fsp3) is 0.531. The number of benzene rings is 2. The number of halogens is 2. The number of carbonyl (C=O) groups excluding carboxylic acids is 1. The van der Waals surface area contributed by atoms with Crippen LogP contribution in [-0.4, -0.2) is 83.6 Å². The van der Waals surface area contributed by atoms with Crippen molar-refractivity contribution >= 4 is 28.2 Å². The summed E-state index contributed by atoms with van der Waals surface area (Å²) >= 11 is 0. The fourth-order valence-corrected chi connectivity index (χ4v) is 7.48. The van der Waals surface area contributed by atoms with E-state index in [-0.39, 0.29) is 42.0 Å². The Labute approximate surface area is 249 Å². The van der Waals surface area contributed by atoms with E-state index in [9.17, 15) is 18.7 Å². The normalized spacial score (nSPS) is 24.3. The number of hydrogen-bond acceptors (Lipinski definition) is 8. The van der Waals surface area contributed by atoms with Crippen LogP contribution >= 0.6 is 0 Å². The van der Waals surface area contributed by atoms with Crippen LogP contribution in [0.4, 0.5) is 20.3 Å². The van der Waals surface area contributed by atoms with Crippen molar-refractivity contribution < 1.29 is 28.2 Å². The van der Waals surface area contributed by atoms with Crippen molar-refractivity contribution in [3.8, 4) is 11.8 Å². The van der Waals surface area contributed by atoms with Gasteiger partial charge in [0.2, 0.25) is 5.91 Å². The molecule has 1 N–H and O–H groups in total. The van der Waals surface area contributed by atoms with E-state index in [0.717, 1.165) is 37.9 Å². The lowest BCUT2D eigenvalue weighted by molar-refractivity contribution is -0.118. The van der Waals surface area contributed by atoms with Gasteiger partial charge in [-0.3, -0.25) is 9.69 Å². The third kappa shape index (κ3) is 5.06. The first-order valence-electron chi connectivity index (χ1n) is 15.3. The van der Waals surface area contributed by atoms with E-state index in [1.165, 1.54) is 12.1 Å². The zero-order valence-electron chi connectivity index (χ0n) is 24.5. The summed E-state index contributed by atoms with van der Waals surface area (Å²) < 4.78 is 41.3. The number of phenols is 1. The van der Waals surface area contributed by atoms with Gasteiger partial charge in [0.1, 0.15) is 30.2 Å². The van der Waals surface area contributed by atoms with Gasteiger partial charge < -0.3 is 24.4 Å². The summed E-state index contributed by atoms with van der Waals surface area (Å²) in [6.07, 6.45) is 2.77. The number of anilines is 2. The van der Waals surface area contributed by atoms with E-state index in [1.54, 1.807) is 17.0 Å². The average Bonchev–Trinajstić information content (AvgIpc) is 3.37.